The fourth-order valence-electron chi connectivity index (χ4n) is 3.58. The molecule has 1 N–H and O–H groups in total. The smallest absolute Gasteiger partial charge is 0.264 e. The third-order valence-electron chi connectivity index (χ3n) is 5.42. The highest BCUT2D eigenvalue weighted by atomic mass is 32.2. The van der Waals surface area contributed by atoms with Crippen LogP contribution in [0.25, 0.3) is 0 Å². The van der Waals surface area contributed by atoms with Gasteiger partial charge in [0.25, 0.3) is 15.9 Å². The van der Waals surface area contributed by atoms with Crippen LogP contribution in [0.2, 0.25) is 0 Å². The average molecular weight is 437 g/mol. The molecule has 4 rings (SSSR count). The van der Waals surface area contributed by atoms with Crippen molar-refractivity contribution in [2.75, 3.05) is 18.0 Å². The molecular formula is C24H24N2O4S. The minimum Gasteiger partial charge on any atom is -0.493 e. The van der Waals surface area contributed by atoms with Crippen LogP contribution in [0.15, 0.2) is 77.7 Å². The SMILES string of the molecule is Cc1ccc(N(C)S(=O)(=O)c2cccc(C(=O)N[C@H]3CCOc4ccccc43)c2)cc1. The maximum Gasteiger partial charge on any atom is 0.264 e. The van der Waals surface area contributed by atoms with Crippen molar-refractivity contribution < 1.29 is 17.9 Å². The van der Waals surface area contributed by atoms with Gasteiger partial charge in [-0.05, 0) is 43.3 Å². The quantitative estimate of drug-likeness (QED) is 0.654. The first kappa shape index (κ1) is 20.9. The Kier molecular flexibility index (Phi) is 5.69. The average Bonchev–Trinajstić information content (AvgIpc) is 2.79. The number of para-hydroxylation sites is 1. The van der Waals surface area contributed by atoms with Gasteiger partial charge in [-0.25, -0.2) is 8.42 Å². The number of rotatable bonds is 5. The van der Waals surface area contributed by atoms with Gasteiger partial charge in [0.1, 0.15) is 5.75 Å². The van der Waals surface area contributed by atoms with Gasteiger partial charge in [0.2, 0.25) is 0 Å². The monoisotopic (exact) mass is 436 g/mol. The summed E-state index contributed by atoms with van der Waals surface area (Å²) in [7, 11) is -2.30. The number of nitrogens with zero attached hydrogens (tertiary/aromatic N) is 1. The molecule has 0 spiro atoms. The molecule has 6 nitrogen and oxygen atoms in total. The molecule has 160 valence electrons. The largest absolute Gasteiger partial charge is 0.493 e. The van der Waals surface area contributed by atoms with Crippen molar-refractivity contribution in [3.8, 4) is 5.75 Å². The zero-order chi connectivity index (χ0) is 22.0. The normalized spacial score (nSPS) is 15.5. The number of fused-ring (bicyclic) bond motifs is 1. The minimum atomic E-state index is -3.81. The van der Waals surface area contributed by atoms with Crippen molar-refractivity contribution in [3.05, 3.63) is 89.5 Å². The second-order valence-electron chi connectivity index (χ2n) is 7.54. The maximum absolute atomic E-state index is 13.1. The van der Waals surface area contributed by atoms with Crippen molar-refractivity contribution >= 4 is 21.6 Å². The van der Waals surface area contributed by atoms with Crippen molar-refractivity contribution in [1.82, 2.24) is 5.32 Å². The van der Waals surface area contributed by atoms with Gasteiger partial charge in [0, 0.05) is 24.6 Å². The number of hydrogen-bond donors (Lipinski definition) is 1. The van der Waals surface area contributed by atoms with E-state index in [0.717, 1.165) is 16.9 Å². The lowest BCUT2D eigenvalue weighted by molar-refractivity contribution is 0.0924. The van der Waals surface area contributed by atoms with Crippen LogP contribution in [-0.2, 0) is 10.0 Å². The highest BCUT2D eigenvalue weighted by Gasteiger charge is 2.25. The van der Waals surface area contributed by atoms with E-state index < -0.39 is 10.0 Å². The summed E-state index contributed by atoms with van der Waals surface area (Å²) >= 11 is 0. The molecular weight excluding hydrogens is 412 g/mol. The first-order valence-electron chi connectivity index (χ1n) is 10.0. The van der Waals surface area contributed by atoms with Gasteiger partial charge in [-0.15, -0.1) is 0 Å². The van der Waals surface area contributed by atoms with Crippen LogP contribution >= 0.6 is 0 Å². The number of sulfonamides is 1. The number of amides is 1. The maximum atomic E-state index is 13.1. The molecule has 0 saturated heterocycles. The number of ether oxygens (including phenoxy) is 1. The van der Waals surface area contributed by atoms with E-state index >= 15 is 0 Å². The van der Waals surface area contributed by atoms with E-state index in [1.807, 2.05) is 43.3 Å². The van der Waals surface area contributed by atoms with Gasteiger partial charge >= 0.3 is 0 Å². The topological polar surface area (TPSA) is 75.7 Å². The van der Waals surface area contributed by atoms with Crippen molar-refractivity contribution in [2.24, 2.45) is 0 Å². The van der Waals surface area contributed by atoms with Crippen LogP contribution in [0.3, 0.4) is 0 Å². The Labute approximate surface area is 182 Å². The lowest BCUT2D eigenvalue weighted by Gasteiger charge is -2.26. The molecule has 0 fully saturated rings. The summed E-state index contributed by atoms with van der Waals surface area (Å²) in [5.41, 5.74) is 2.81. The third-order valence-corrected chi connectivity index (χ3v) is 7.20. The number of anilines is 1. The zero-order valence-corrected chi connectivity index (χ0v) is 18.2. The van der Waals surface area contributed by atoms with E-state index in [9.17, 15) is 13.2 Å². The number of carbonyl (C=O) groups is 1. The van der Waals surface area contributed by atoms with Crippen LogP contribution in [0.5, 0.6) is 5.75 Å². The second kappa shape index (κ2) is 8.43. The van der Waals surface area contributed by atoms with Crippen LogP contribution in [0, 0.1) is 6.92 Å². The molecule has 31 heavy (non-hydrogen) atoms. The molecule has 1 aliphatic heterocycles. The Bertz CT molecular complexity index is 1210. The zero-order valence-electron chi connectivity index (χ0n) is 17.4. The number of benzene rings is 3. The van der Waals surface area contributed by atoms with Crippen molar-refractivity contribution in [2.45, 2.75) is 24.3 Å². The Balaban J connectivity index is 1.57. The Morgan fingerprint density at radius 3 is 2.55 bits per heavy atom. The van der Waals surface area contributed by atoms with Crippen LogP contribution < -0.4 is 14.4 Å². The van der Waals surface area contributed by atoms with Crippen molar-refractivity contribution in [1.29, 1.82) is 0 Å². The summed E-state index contributed by atoms with van der Waals surface area (Å²) < 4.78 is 33.1. The molecule has 0 aliphatic carbocycles. The van der Waals surface area contributed by atoms with Gasteiger partial charge in [-0.3, -0.25) is 9.10 Å². The lowest BCUT2D eigenvalue weighted by Crippen LogP contribution is -2.32. The van der Waals surface area contributed by atoms with Gasteiger partial charge in [-0.2, -0.15) is 0 Å². The first-order chi connectivity index (χ1) is 14.9. The first-order valence-corrected chi connectivity index (χ1v) is 11.5. The minimum absolute atomic E-state index is 0.0654. The molecule has 0 radical (unpaired) electrons. The van der Waals surface area contributed by atoms with Crippen molar-refractivity contribution in [3.63, 3.8) is 0 Å². The summed E-state index contributed by atoms with van der Waals surface area (Å²) in [6.45, 7) is 2.45. The predicted molar refractivity (Wildman–Crippen MR) is 120 cm³/mol. The molecule has 1 aliphatic rings. The molecule has 3 aromatic rings. The Morgan fingerprint density at radius 1 is 1.03 bits per heavy atom. The molecule has 1 amide bonds. The Morgan fingerprint density at radius 2 is 1.77 bits per heavy atom. The summed E-state index contributed by atoms with van der Waals surface area (Å²) in [6.07, 6.45) is 0.650. The predicted octanol–water partition coefficient (Wildman–Crippen LogP) is 4.07. The lowest BCUT2D eigenvalue weighted by atomic mass is 10.00. The third kappa shape index (κ3) is 4.27. The Hall–Kier alpha value is -3.32. The van der Waals surface area contributed by atoms with Gasteiger partial charge in [0.15, 0.2) is 0 Å². The number of nitrogens with one attached hydrogen (secondary N) is 1. The number of carbonyl (C=O) groups excluding carboxylic acids is 1. The standard InChI is InChI=1S/C24H24N2O4S/c1-17-10-12-19(13-11-17)26(2)31(28,29)20-7-5-6-18(16-20)24(27)25-22-14-15-30-23-9-4-3-8-21(22)23/h3-13,16,22H,14-15H2,1-2H3,(H,25,27)/t22-/m0/s1. The summed E-state index contributed by atoms with van der Waals surface area (Å²) in [5, 5.41) is 3.01. The molecule has 3 aromatic carbocycles. The fourth-order valence-corrected chi connectivity index (χ4v) is 4.82. The number of aryl methyl sites for hydroxylation is 1. The summed E-state index contributed by atoms with van der Waals surface area (Å²) in [4.78, 5) is 13.0. The molecule has 0 unspecified atom stereocenters. The molecule has 0 bridgehead atoms. The van der Waals surface area contributed by atoms with E-state index in [1.165, 1.54) is 23.5 Å². The highest BCUT2D eigenvalue weighted by Crippen LogP contribution is 2.32. The second-order valence-corrected chi connectivity index (χ2v) is 9.51. The van der Waals surface area contributed by atoms with Crippen LogP contribution in [0.1, 0.15) is 33.9 Å². The van der Waals surface area contributed by atoms with Gasteiger partial charge < -0.3 is 10.1 Å². The summed E-state index contributed by atoms with van der Waals surface area (Å²) in [5.74, 6) is 0.437. The van der Waals surface area contributed by atoms with Gasteiger partial charge in [-0.1, -0.05) is 42.0 Å². The van der Waals surface area contributed by atoms with E-state index in [-0.39, 0.29) is 16.8 Å². The molecule has 0 saturated carbocycles. The highest BCUT2D eigenvalue weighted by molar-refractivity contribution is 7.92. The van der Waals surface area contributed by atoms with Gasteiger partial charge in [0.05, 0.1) is 23.2 Å². The van der Waals surface area contributed by atoms with E-state index in [4.69, 9.17) is 4.74 Å². The molecule has 1 heterocycles. The van der Waals surface area contributed by atoms with E-state index in [2.05, 4.69) is 5.32 Å². The summed E-state index contributed by atoms with van der Waals surface area (Å²) in [6, 6.07) is 20.8. The van der Waals surface area contributed by atoms with E-state index in [1.54, 1.807) is 24.3 Å². The fraction of sp³-hybridized carbons (Fsp3) is 0.208. The number of hydrogen-bond acceptors (Lipinski definition) is 4. The van der Waals surface area contributed by atoms with Crippen LogP contribution in [0.4, 0.5) is 5.69 Å². The molecule has 1 atom stereocenters. The molecule has 0 aromatic heterocycles. The molecule has 7 heteroatoms. The van der Waals surface area contributed by atoms with Crippen LogP contribution in [-0.4, -0.2) is 28.0 Å². The van der Waals surface area contributed by atoms with E-state index in [0.29, 0.717) is 24.3 Å².